The number of fused-ring (bicyclic) bond motifs is 1. The number of carbonyl (C=O) groups is 1. The molecule has 5 heteroatoms. The van der Waals surface area contributed by atoms with E-state index in [1.807, 2.05) is 55.5 Å². The molecule has 2 aromatic carbocycles. The normalized spacial score (nSPS) is 13.0. The second-order valence-electron chi connectivity index (χ2n) is 5.65. The summed E-state index contributed by atoms with van der Waals surface area (Å²) >= 11 is 3.49. The molecule has 0 spiro atoms. The summed E-state index contributed by atoms with van der Waals surface area (Å²) in [5.74, 6) is 1.46. The van der Waals surface area contributed by atoms with Crippen molar-refractivity contribution in [1.29, 1.82) is 0 Å². The molecule has 130 valence electrons. The lowest BCUT2D eigenvalue weighted by Gasteiger charge is -2.24. The molecule has 0 unspecified atom stereocenters. The number of carbonyl (C=O) groups excluding carboxylic acids is 1. The van der Waals surface area contributed by atoms with Crippen LogP contribution in [0, 0.1) is 0 Å². The molecular formula is C20H20BrNO3. The van der Waals surface area contributed by atoms with Gasteiger partial charge < -0.3 is 14.4 Å². The monoisotopic (exact) mass is 401 g/mol. The van der Waals surface area contributed by atoms with E-state index in [0.717, 1.165) is 27.1 Å². The van der Waals surface area contributed by atoms with Gasteiger partial charge in [-0.2, -0.15) is 0 Å². The van der Waals surface area contributed by atoms with Gasteiger partial charge in [0.1, 0.15) is 13.2 Å². The molecule has 25 heavy (non-hydrogen) atoms. The van der Waals surface area contributed by atoms with Crippen LogP contribution in [-0.2, 0) is 11.3 Å². The minimum absolute atomic E-state index is 0.0346. The fourth-order valence-electron chi connectivity index (χ4n) is 2.69. The molecule has 0 radical (unpaired) electrons. The maximum Gasteiger partial charge on any atom is 0.246 e. The van der Waals surface area contributed by atoms with Gasteiger partial charge in [-0.05, 0) is 30.7 Å². The number of hydrogen-bond acceptors (Lipinski definition) is 3. The Morgan fingerprint density at radius 2 is 1.96 bits per heavy atom. The van der Waals surface area contributed by atoms with E-state index in [1.54, 1.807) is 11.0 Å². The fourth-order valence-corrected chi connectivity index (χ4v) is 3.10. The van der Waals surface area contributed by atoms with Crippen LogP contribution in [0.4, 0.5) is 0 Å². The Morgan fingerprint density at radius 3 is 2.76 bits per heavy atom. The first kappa shape index (κ1) is 17.5. The van der Waals surface area contributed by atoms with Crippen LogP contribution < -0.4 is 9.47 Å². The first-order chi connectivity index (χ1) is 12.2. The predicted octanol–water partition coefficient (Wildman–Crippen LogP) is 4.28. The zero-order chi connectivity index (χ0) is 17.6. The van der Waals surface area contributed by atoms with Gasteiger partial charge in [-0.1, -0.05) is 46.3 Å². The van der Waals surface area contributed by atoms with Gasteiger partial charge in [0.15, 0.2) is 11.5 Å². The summed E-state index contributed by atoms with van der Waals surface area (Å²) in [6.45, 7) is 4.16. The number of halogens is 1. The third-order valence-corrected chi connectivity index (χ3v) is 4.74. The summed E-state index contributed by atoms with van der Waals surface area (Å²) in [5.41, 5.74) is 1.93. The topological polar surface area (TPSA) is 38.8 Å². The molecule has 0 saturated heterocycles. The van der Waals surface area contributed by atoms with Gasteiger partial charge in [0, 0.05) is 29.2 Å². The van der Waals surface area contributed by atoms with Crippen molar-refractivity contribution < 1.29 is 14.3 Å². The Kier molecular flexibility index (Phi) is 5.76. The molecule has 0 aliphatic carbocycles. The fraction of sp³-hybridized carbons (Fsp3) is 0.250. The van der Waals surface area contributed by atoms with Crippen LogP contribution in [0.1, 0.15) is 18.1 Å². The smallest absolute Gasteiger partial charge is 0.246 e. The van der Waals surface area contributed by atoms with Gasteiger partial charge in [-0.3, -0.25) is 4.79 Å². The first-order valence-electron chi connectivity index (χ1n) is 8.28. The third-order valence-electron chi connectivity index (χ3n) is 4.01. The second-order valence-corrected chi connectivity index (χ2v) is 6.50. The van der Waals surface area contributed by atoms with Gasteiger partial charge in [-0.15, -0.1) is 0 Å². The van der Waals surface area contributed by atoms with Crippen LogP contribution in [0.5, 0.6) is 11.5 Å². The molecule has 1 amide bonds. The third kappa shape index (κ3) is 4.23. The molecule has 4 nitrogen and oxygen atoms in total. The summed E-state index contributed by atoms with van der Waals surface area (Å²) in [4.78, 5) is 14.4. The average Bonchev–Trinajstić information content (AvgIpc) is 2.65. The van der Waals surface area contributed by atoms with Crippen molar-refractivity contribution in [3.05, 3.63) is 64.1 Å². The number of nitrogens with zero attached hydrogens (tertiary/aromatic N) is 1. The largest absolute Gasteiger partial charge is 0.486 e. The number of benzene rings is 2. The maximum absolute atomic E-state index is 12.6. The second kappa shape index (κ2) is 8.21. The average molecular weight is 402 g/mol. The highest BCUT2D eigenvalue weighted by molar-refractivity contribution is 9.10. The standard InChI is InChI=1S/C20H20BrNO3/c1-2-22(19(23)11-10-15-6-3-4-8-17(15)21)14-16-7-5-9-18-20(16)25-13-12-24-18/h3-11H,2,12-14H2,1H3/b11-10+. The van der Waals surface area contributed by atoms with Crippen LogP contribution >= 0.6 is 15.9 Å². The summed E-state index contributed by atoms with van der Waals surface area (Å²) in [5, 5.41) is 0. The SMILES string of the molecule is CCN(Cc1cccc2c1OCCO2)C(=O)/C=C/c1ccccc1Br. The maximum atomic E-state index is 12.6. The number of hydrogen-bond donors (Lipinski definition) is 0. The van der Waals surface area contributed by atoms with Gasteiger partial charge >= 0.3 is 0 Å². The highest BCUT2D eigenvalue weighted by Crippen LogP contribution is 2.34. The van der Waals surface area contributed by atoms with E-state index in [9.17, 15) is 4.79 Å². The molecule has 1 aliphatic heterocycles. The minimum Gasteiger partial charge on any atom is -0.486 e. The zero-order valence-electron chi connectivity index (χ0n) is 14.1. The summed E-state index contributed by atoms with van der Waals surface area (Å²) in [7, 11) is 0. The Bertz CT molecular complexity index is 788. The molecule has 1 heterocycles. The van der Waals surface area contributed by atoms with Crippen molar-refractivity contribution in [2.24, 2.45) is 0 Å². The molecule has 0 fully saturated rings. The summed E-state index contributed by atoms with van der Waals surface area (Å²) in [6, 6.07) is 13.6. The van der Waals surface area contributed by atoms with Crippen molar-refractivity contribution in [3.63, 3.8) is 0 Å². The molecule has 0 saturated carbocycles. The van der Waals surface area contributed by atoms with Crippen LogP contribution in [0.25, 0.3) is 6.08 Å². The molecule has 3 rings (SSSR count). The lowest BCUT2D eigenvalue weighted by molar-refractivity contribution is -0.126. The Balaban J connectivity index is 1.75. The van der Waals surface area contributed by atoms with Crippen LogP contribution in [-0.4, -0.2) is 30.6 Å². The molecule has 0 aromatic heterocycles. The summed E-state index contributed by atoms with van der Waals surface area (Å²) in [6.07, 6.45) is 3.44. The highest BCUT2D eigenvalue weighted by atomic mass is 79.9. The Hall–Kier alpha value is -2.27. The first-order valence-corrected chi connectivity index (χ1v) is 9.07. The van der Waals surface area contributed by atoms with E-state index in [4.69, 9.17) is 9.47 Å². The molecule has 2 aromatic rings. The zero-order valence-corrected chi connectivity index (χ0v) is 15.7. The minimum atomic E-state index is -0.0346. The molecule has 0 N–H and O–H groups in total. The lowest BCUT2D eigenvalue weighted by Crippen LogP contribution is -2.29. The highest BCUT2D eigenvalue weighted by Gasteiger charge is 2.18. The van der Waals surface area contributed by atoms with E-state index in [-0.39, 0.29) is 5.91 Å². The van der Waals surface area contributed by atoms with E-state index < -0.39 is 0 Å². The number of para-hydroxylation sites is 1. The Labute approximate surface area is 156 Å². The quantitative estimate of drug-likeness (QED) is 0.701. The van der Waals surface area contributed by atoms with E-state index in [1.165, 1.54) is 0 Å². The number of ether oxygens (including phenoxy) is 2. The predicted molar refractivity (Wildman–Crippen MR) is 102 cm³/mol. The number of likely N-dealkylation sites (N-methyl/N-ethyl adjacent to an activating group) is 1. The lowest BCUT2D eigenvalue weighted by atomic mass is 10.1. The van der Waals surface area contributed by atoms with E-state index in [2.05, 4.69) is 15.9 Å². The molecule has 0 bridgehead atoms. The van der Waals surface area contributed by atoms with Crippen molar-refractivity contribution in [2.75, 3.05) is 19.8 Å². The number of amides is 1. The van der Waals surface area contributed by atoms with Gasteiger partial charge in [-0.25, -0.2) is 0 Å². The van der Waals surface area contributed by atoms with Crippen molar-refractivity contribution in [1.82, 2.24) is 4.90 Å². The summed E-state index contributed by atoms with van der Waals surface area (Å²) < 4.78 is 12.3. The molecule has 0 atom stereocenters. The van der Waals surface area contributed by atoms with Crippen LogP contribution in [0.3, 0.4) is 0 Å². The van der Waals surface area contributed by atoms with Crippen LogP contribution in [0.2, 0.25) is 0 Å². The van der Waals surface area contributed by atoms with E-state index >= 15 is 0 Å². The van der Waals surface area contributed by atoms with Crippen molar-refractivity contribution in [3.8, 4) is 11.5 Å². The molecule has 1 aliphatic rings. The Morgan fingerprint density at radius 1 is 1.16 bits per heavy atom. The van der Waals surface area contributed by atoms with Gasteiger partial charge in [0.2, 0.25) is 5.91 Å². The van der Waals surface area contributed by atoms with Gasteiger partial charge in [0.25, 0.3) is 0 Å². The van der Waals surface area contributed by atoms with Crippen molar-refractivity contribution in [2.45, 2.75) is 13.5 Å². The van der Waals surface area contributed by atoms with E-state index in [0.29, 0.717) is 26.3 Å². The molecular weight excluding hydrogens is 382 g/mol. The number of rotatable bonds is 5. The van der Waals surface area contributed by atoms with Gasteiger partial charge in [0.05, 0.1) is 0 Å². The van der Waals surface area contributed by atoms with Crippen LogP contribution in [0.15, 0.2) is 53.0 Å². The van der Waals surface area contributed by atoms with Crippen molar-refractivity contribution >= 4 is 27.9 Å².